The minimum Gasteiger partial charge on any atom is -0.497 e. The molecular formula is C15H19N3O2. The quantitative estimate of drug-likeness (QED) is 0.668. The Kier molecular flexibility index (Phi) is 4.08. The minimum absolute atomic E-state index is 0.0351. The Morgan fingerprint density at radius 3 is 2.75 bits per heavy atom. The van der Waals surface area contributed by atoms with Crippen molar-refractivity contribution in [1.82, 2.24) is 9.78 Å². The first-order valence-corrected chi connectivity index (χ1v) is 6.53. The molecule has 0 unspecified atom stereocenters. The summed E-state index contributed by atoms with van der Waals surface area (Å²) in [5.41, 5.74) is 8.69. The van der Waals surface area contributed by atoms with E-state index >= 15 is 0 Å². The molecule has 5 nitrogen and oxygen atoms in total. The lowest BCUT2D eigenvalue weighted by Gasteiger charge is -2.07. The van der Waals surface area contributed by atoms with Crippen molar-refractivity contribution in [2.45, 2.75) is 19.8 Å². The summed E-state index contributed by atoms with van der Waals surface area (Å²) in [6, 6.07) is 7.06. The predicted octanol–water partition coefficient (Wildman–Crippen LogP) is 2.00. The molecule has 0 radical (unpaired) electrons. The van der Waals surface area contributed by atoms with Crippen LogP contribution in [0.2, 0.25) is 0 Å². The van der Waals surface area contributed by atoms with Gasteiger partial charge in [0.2, 0.25) is 0 Å². The maximum Gasteiger partial charge on any atom is 0.171 e. The Labute approximate surface area is 118 Å². The van der Waals surface area contributed by atoms with Crippen LogP contribution < -0.4 is 10.5 Å². The number of aromatic nitrogens is 2. The molecule has 1 aromatic carbocycles. The number of carbonyl (C=O) groups is 1. The Morgan fingerprint density at radius 2 is 2.15 bits per heavy atom. The number of hydrogen-bond donors (Lipinski definition) is 1. The van der Waals surface area contributed by atoms with Gasteiger partial charge in [0, 0.05) is 24.0 Å². The van der Waals surface area contributed by atoms with Gasteiger partial charge in [0.15, 0.2) is 5.78 Å². The fourth-order valence-electron chi connectivity index (χ4n) is 2.07. The largest absolute Gasteiger partial charge is 0.497 e. The topological polar surface area (TPSA) is 70.1 Å². The number of nitrogens with two attached hydrogens (primary N) is 1. The van der Waals surface area contributed by atoms with Crippen molar-refractivity contribution in [1.29, 1.82) is 0 Å². The molecule has 0 saturated carbocycles. The molecule has 1 heterocycles. The van der Waals surface area contributed by atoms with Gasteiger partial charge in [-0.3, -0.25) is 9.48 Å². The summed E-state index contributed by atoms with van der Waals surface area (Å²) in [6.07, 6.45) is 1.13. The molecule has 1 aromatic heterocycles. The number of ketones is 1. The van der Waals surface area contributed by atoms with E-state index in [1.807, 2.05) is 20.0 Å². The van der Waals surface area contributed by atoms with Crippen LogP contribution in [0, 0.1) is 0 Å². The van der Waals surface area contributed by atoms with Crippen LogP contribution in [0.3, 0.4) is 0 Å². The van der Waals surface area contributed by atoms with Gasteiger partial charge in [0.05, 0.1) is 19.2 Å². The van der Waals surface area contributed by atoms with Crippen molar-refractivity contribution < 1.29 is 9.53 Å². The monoisotopic (exact) mass is 273 g/mol. The fraction of sp³-hybridized carbons (Fsp3) is 0.333. The van der Waals surface area contributed by atoms with E-state index in [1.54, 1.807) is 30.0 Å². The smallest absolute Gasteiger partial charge is 0.171 e. The lowest BCUT2D eigenvalue weighted by atomic mass is 10.0. The van der Waals surface area contributed by atoms with Gasteiger partial charge in [-0.2, -0.15) is 5.10 Å². The summed E-state index contributed by atoms with van der Waals surface area (Å²) in [7, 11) is 3.41. The van der Waals surface area contributed by atoms with Gasteiger partial charge in [0.1, 0.15) is 5.75 Å². The summed E-state index contributed by atoms with van der Waals surface area (Å²) >= 11 is 0. The highest BCUT2D eigenvalue weighted by Gasteiger charge is 2.14. The van der Waals surface area contributed by atoms with E-state index < -0.39 is 0 Å². The number of methoxy groups -OCH3 is 1. The average molecular weight is 273 g/mol. The summed E-state index contributed by atoms with van der Waals surface area (Å²) in [5, 5.41) is 4.34. The molecular weight excluding hydrogens is 254 g/mol. The maximum atomic E-state index is 12.4. The number of carbonyl (C=O) groups excluding carboxylic acids is 1. The van der Waals surface area contributed by atoms with Gasteiger partial charge in [-0.05, 0) is 30.7 Å². The van der Waals surface area contributed by atoms with Crippen molar-refractivity contribution in [2.24, 2.45) is 7.05 Å². The zero-order valence-electron chi connectivity index (χ0n) is 12.0. The Morgan fingerprint density at radius 1 is 1.40 bits per heavy atom. The lowest BCUT2D eigenvalue weighted by Crippen LogP contribution is -2.10. The molecule has 0 saturated heterocycles. The van der Waals surface area contributed by atoms with Crippen molar-refractivity contribution >= 4 is 11.5 Å². The molecule has 0 aliphatic heterocycles. The van der Waals surface area contributed by atoms with Crippen LogP contribution in [0.5, 0.6) is 5.75 Å². The lowest BCUT2D eigenvalue weighted by molar-refractivity contribution is 0.0991. The third-order valence-corrected chi connectivity index (χ3v) is 3.29. The summed E-state index contributed by atoms with van der Waals surface area (Å²) in [4.78, 5) is 12.4. The highest BCUT2D eigenvalue weighted by Crippen LogP contribution is 2.21. The van der Waals surface area contributed by atoms with Crippen LogP contribution in [-0.4, -0.2) is 22.7 Å². The van der Waals surface area contributed by atoms with Crippen LogP contribution in [0.15, 0.2) is 24.3 Å². The molecule has 106 valence electrons. The van der Waals surface area contributed by atoms with E-state index in [0.717, 1.165) is 17.8 Å². The van der Waals surface area contributed by atoms with Crippen molar-refractivity contribution in [3.8, 4) is 5.75 Å². The zero-order chi connectivity index (χ0) is 14.7. The number of nitrogen functional groups attached to an aromatic ring is 1. The van der Waals surface area contributed by atoms with Crippen LogP contribution >= 0.6 is 0 Å². The summed E-state index contributed by atoms with van der Waals surface area (Å²) in [6.45, 7) is 2.04. The average Bonchev–Trinajstić information content (AvgIpc) is 2.80. The summed E-state index contributed by atoms with van der Waals surface area (Å²) < 4.78 is 6.87. The summed E-state index contributed by atoms with van der Waals surface area (Å²) in [5.74, 6) is 0.592. The first-order chi connectivity index (χ1) is 9.55. The molecule has 0 aliphatic carbocycles. The normalized spacial score (nSPS) is 10.6. The number of nitrogens with zero attached hydrogens (tertiary/aromatic N) is 2. The van der Waals surface area contributed by atoms with E-state index in [4.69, 9.17) is 10.5 Å². The SMILES string of the molecule is CCc1cc(CC(=O)c2cc(OC)ccc2N)n(C)n1. The molecule has 0 bridgehead atoms. The van der Waals surface area contributed by atoms with Crippen molar-refractivity contribution in [3.63, 3.8) is 0 Å². The second-order valence-electron chi connectivity index (χ2n) is 4.66. The molecule has 20 heavy (non-hydrogen) atoms. The second-order valence-corrected chi connectivity index (χ2v) is 4.66. The van der Waals surface area contributed by atoms with Crippen LogP contribution in [0.25, 0.3) is 0 Å². The van der Waals surface area contributed by atoms with Crippen LogP contribution in [0.4, 0.5) is 5.69 Å². The van der Waals surface area contributed by atoms with Crippen LogP contribution in [0.1, 0.15) is 28.7 Å². The van der Waals surface area contributed by atoms with Gasteiger partial charge >= 0.3 is 0 Å². The third kappa shape index (κ3) is 2.82. The number of benzene rings is 1. The van der Waals surface area contributed by atoms with Gasteiger partial charge < -0.3 is 10.5 Å². The molecule has 0 fully saturated rings. The van der Waals surface area contributed by atoms with E-state index in [1.165, 1.54) is 0 Å². The molecule has 2 N–H and O–H groups in total. The fourth-order valence-corrected chi connectivity index (χ4v) is 2.07. The highest BCUT2D eigenvalue weighted by atomic mass is 16.5. The molecule has 0 aliphatic rings. The third-order valence-electron chi connectivity index (χ3n) is 3.29. The Balaban J connectivity index is 2.25. The number of ether oxygens (including phenoxy) is 1. The van der Waals surface area contributed by atoms with E-state index in [2.05, 4.69) is 5.10 Å². The molecule has 2 rings (SSSR count). The van der Waals surface area contributed by atoms with Crippen LogP contribution in [-0.2, 0) is 19.9 Å². The first kappa shape index (κ1) is 14.1. The molecule has 0 amide bonds. The number of anilines is 1. The van der Waals surface area contributed by atoms with E-state index in [9.17, 15) is 4.79 Å². The van der Waals surface area contributed by atoms with Gasteiger partial charge in [0.25, 0.3) is 0 Å². The number of aryl methyl sites for hydroxylation is 2. The first-order valence-electron chi connectivity index (χ1n) is 6.53. The van der Waals surface area contributed by atoms with Crippen molar-refractivity contribution in [3.05, 3.63) is 41.2 Å². The van der Waals surface area contributed by atoms with Crippen molar-refractivity contribution in [2.75, 3.05) is 12.8 Å². The molecule has 0 atom stereocenters. The van der Waals surface area contributed by atoms with Gasteiger partial charge in [-0.25, -0.2) is 0 Å². The Bertz CT molecular complexity index is 632. The number of Topliss-reactive ketones (excluding diaryl/α,β-unsaturated/α-hetero) is 1. The minimum atomic E-state index is -0.0351. The highest BCUT2D eigenvalue weighted by molar-refractivity contribution is 6.02. The number of rotatable bonds is 5. The zero-order valence-corrected chi connectivity index (χ0v) is 12.0. The van der Waals surface area contributed by atoms with E-state index in [0.29, 0.717) is 17.0 Å². The maximum absolute atomic E-state index is 12.4. The standard InChI is InChI=1S/C15H19N3O2/c1-4-10-7-11(18(2)17-10)8-15(19)13-9-12(20-3)5-6-14(13)16/h5-7,9H,4,8,16H2,1-3H3. The van der Waals surface area contributed by atoms with Gasteiger partial charge in [-0.15, -0.1) is 0 Å². The van der Waals surface area contributed by atoms with Gasteiger partial charge in [-0.1, -0.05) is 6.92 Å². The molecule has 2 aromatic rings. The number of hydrogen-bond acceptors (Lipinski definition) is 4. The second kappa shape index (κ2) is 5.77. The molecule has 0 spiro atoms. The molecule has 5 heteroatoms. The van der Waals surface area contributed by atoms with E-state index in [-0.39, 0.29) is 12.2 Å². The Hall–Kier alpha value is -2.30. The predicted molar refractivity (Wildman–Crippen MR) is 78.0 cm³/mol.